The summed E-state index contributed by atoms with van der Waals surface area (Å²) in [6.07, 6.45) is 1.71. The van der Waals surface area contributed by atoms with Gasteiger partial charge in [-0.15, -0.1) is 0 Å². The number of benzene rings is 2. The maximum Gasteiger partial charge on any atom is 0.234 e. The number of amides is 1. The summed E-state index contributed by atoms with van der Waals surface area (Å²) in [5, 5.41) is 3.18. The highest BCUT2D eigenvalue weighted by atomic mass is 35.5. The number of rotatable bonds is 7. The van der Waals surface area contributed by atoms with E-state index in [1.54, 1.807) is 13.3 Å². The Morgan fingerprint density at radius 2 is 1.94 bits per heavy atom. The number of anilines is 3. The second kappa shape index (κ2) is 10.7. The van der Waals surface area contributed by atoms with Crippen LogP contribution in [-0.2, 0) is 4.79 Å². The van der Waals surface area contributed by atoms with Crippen LogP contribution in [0.3, 0.4) is 0 Å². The topological polar surface area (TPSA) is 70.6 Å². The summed E-state index contributed by atoms with van der Waals surface area (Å²) in [5.74, 6) is 1.03. The van der Waals surface area contributed by atoms with E-state index in [1.807, 2.05) is 24.3 Å². The van der Waals surface area contributed by atoms with Gasteiger partial charge in [0.25, 0.3) is 0 Å². The molecule has 1 N–H and O–H groups in total. The molecule has 1 aliphatic rings. The number of aromatic nitrogens is 2. The fourth-order valence-corrected chi connectivity index (χ4v) is 4.29. The summed E-state index contributed by atoms with van der Waals surface area (Å²) < 4.78 is 18.6. The van der Waals surface area contributed by atoms with E-state index >= 15 is 0 Å². The molecule has 4 rings (SSSR count). The van der Waals surface area contributed by atoms with Crippen molar-refractivity contribution in [3.05, 3.63) is 65.6 Å². The minimum Gasteiger partial charge on any atom is -0.497 e. The SMILES string of the molecule is COc1cccc(N2CCN(c3ccnc(SCC(=O)Nc4ccc(F)c(Cl)c4)n3)CC2)c1. The van der Waals surface area contributed by atoms with Crippen molar-refractivity contribution in [1.82, 2.24) is 9.97 Å². The molecular weight excluding hydrogens is 465 g/mol. The van der Waals surface area contributed by atoms with Gasteiger partial charge in [-0.05, 0) is 36.4 Å². The summed E-state index contributed by atoms with van der Waals surface area (Å²) in [7, 11) is 1.67. The molecule has 0 radical (unpaired) electrons. The fourth-order valence-electron chi connectivity index (χ4n) is 3.48. The predicted octanol–water partition coefficient (Wildman–Crippen LogP) is 4.34. The average molecular weight is 488 g/mol. The van der Waals surface area contributed by atoms with Gasteiger partial charge in [-0.1, -0.05) is 29.4 Å². The lowest BCUT2D eigenvalue weighted by Gasteiger charge is -2.36. The van der Waals surface area contributed by atoms with Crippen LogP contribution in [0, 0.1) is 5.82 Å². The molecule has 0 saturated carbocycles. The number of thioether (sulfide) groups is 1. The molecule has 1 aromatic heterocycles. The van der Waals surface area contributed by atoms with Crippen LogP contribution in [0.25, 0.3) is 0 Å². The van der Waals surface area contributed by atoms with Crippen LogP contribution in [-0.4, -0.2) is 54.9 Å². The Hall–Kier alpha value is -3.04. The molecular formula is C23H23ClFN5O2S. The standard InChI is InChI=1S/C23H23ClFN5O2S/c1-32-18-4-2-3-17(14-18)29-9-11-30(12-10-29)21-7-8-26-23(28-21)33-15-22(31)27-16-5-6-20(25)19(24)13-16/h2-8,13-14H,9-12,15H2,1H3,(H,27,31). The molecule has 10 heteroatoms. The minimum atomic E-state index is -0.529. The summed E-state index contributed by atoms with van der Waals surface area (Å²) in [5.41, 5.74) is 1.58. The molecule has 0 bridgehead atoms. The van der Waals surface area contributed by atoms with E-state index in [2.05, 4.69) is 31.2 Å². The Kier molecular flexibility index (Phi) is 7.51. The van der Waals surface area contributed by atoms with Gasteiger partial charge in [0.1, 0.15) is 17.4 Å². The highest BCUT2D eigenvalue weighted by Gasteiger charge is 2.19. The first-order valence-corrected chi connectivity index (χ1v) is 11.7. The number of piperazine rings is 1. The fraction of sp³-hybridized carbons (Fsp3) is 0.261. The van der Waals surface area contributed by atoms with Crippen molar-refractivity contribution in [2.75, 3.05) is 54.2 Å². The van der Waals surface area contributed by atoms with Crippen LogP contribution in [0.2, 0.25) is 5.02 Å². The van der Waals surface area contributed by atoms with Crippen molar-refractivity contribution in [1.29, 1.82) is 0 Å². The van der Waals surface area contributed by atoms with Gasteiger partial charge in [-0.25, -0.2) is 14.4 Å². The third kappa shape index (κ3) is 6.06. The molecule has 7 nitrogen and oxygen atoms in total. The maximum absolute atomic E-state index is 13.3. The number of hydrogen-bond donors (Lipinski definition) is 1. The van der Waals surface area contributed by atoms with E-state index in [9.17, 15) is 9.18 Å². The number of nitrogens with zero attached hydrogens (tertiary/aromatic N) is 4. The van der Waals surface area contributed by atoms with Gasteiger partial charge in [-0.3, -0.25) is 4.79 Å². The Morgan fingerprint density at radius 3 is 2.70 bits per heavy atom. The van der Waals surface area contributed by atoms with Gasteiger partial charge >= 0.3 is 0 Å². The van der Waals surface area contributed by atoms with E-state index in [0.29, 0.717) is 10.8 Å². The Bertz CT molecular complexity index is 1130. The molecule has 33 heavy (non-hydrogen) atoms. The first-order chi connectivity index (χ1) is 16.0. The quantitative estimate of drug-likeness (QED) is 0.392. The summed E-state index contributed by atoms with van der Waals surface area (Å²) in [4.78, 5) is 25.7. The zero-order valence-electron chi connectivity index (χ0n) is 18.0. The first kappa shape index (κ1) is 23.1. The molecule has 1 saturated heterocycles. The van der Waals surface area contributed by atoms with Gasteiger partial charge in [0.15, 0.2) is 5.16 Å². The summed E-state index contributed by atoms with van der Waals surface area (Å²) in [6, 6.07) is 14.0. The van der Waals surface area contributed by atoms with Crippen molar-refractivity contribution < 1.29 is 13.9 Å². The second-order valence-corrected chi connectivity index (χ2v) is 8.69. The molecule has 2 aromatic carbocycles. The lowest BCUT2D eigenvalue weighted by molar-refractivity contribution is -0.113. The molecule has 0 unspecified atom stereocenters. The monoisotopic (exact) mass is 487 g/mol. The lowest BCUT2D eigenvalue weighted by Crippen LogP contribution is -2.46. The zero-order chi connectivity index (χ0) is 23.2. The van der Waals surface area contributed by atoms with Crippen LogP contribution in [0.4, 0.5) is 21.6 Å². The smallest absolute Gasteiger partial charge is 0.234 e. The Balaban J connectivity index is 1.30. The largest absolute Gasteiger partial charge is 0.497 e. The van der Waals surface area contributed by atoms with Crippen molar-refractivity contribution in [3.63, 3.8) is 0 Å². The average Bonchev–Trinajstić information content (AvgIpc) is 2.85. The van der Waals surface area contributed by atoms with Crippen molar-refractivity contribution >= 4 is 46.5 Å². The summed E-state index contributed by atoms with van der Waals surface area (Å²) in [6.45, 7) is 3.37. The van der Waals surface area contributed by atoms with Crippen LogP contribution in [0.5, 0.6) is 5.75 Å². The van der Waals surface area contributed by atoms with E-state index in [-0.39, 0.29) is 16.7 Å². The maximum atomic E-state index is 13.3. The van der Waals surface area contributed by atoms with E-state index in [4.69, 9.17) is 16.3 Å². The highest BCUT2D eigenvalue weighted by Crippen LogP contribution is 2.24. The van der Waals surface area contributed by atoms with Gasteiger partial charge in [0.05, 0.1) is 17.9 Å². The molecule has 0 aliphatic carbocycles. The van der Waals surface area contributed by atoms with Crippen LogP contribution >= 0.6 is 23.4 Å². The van der Waals surface area contributed by atoms with Crippen LogP contribution in [0.1, 0.15) is 0 Å². The molecule has 0 spiro atoms. The number of ether oxygens (including phenoxy) is 1. The van der Waals surface area contributed by atoms with Gasteiger partial charge in [-0.2, -0.15) is 0 Å². The number of methoxy groups -OCH3 is 1. The normalized spacial score (nSPS) is 13.7. The van der Waals surface area contributed by atoms with Crippen molar-refractivity contribution in [3.8, 4) is 5.75 Å². The summed E-state index contributed by atoms with van der Waals surface area (Å²) >= 11 is 7.00. The number of nitrogens with one attached hydrogen (secondary N) is 1. The number of halogens is 2. The van der Waals surface area contributed by atoms with Crippen LogP contribution < -0.4 is 19.9 Å². The molecule has 1 aliphatic heterocycles. The van der Waals surface area contributed by atoms with E-state index < -0.39 is 5.82 Å². The Morgan fingerprint density at radius 1 is 1.15 bits per heavy atom. The molecule has 0 atom stereocenters. The van der Waals surface area contributed by atoms with Gasteiger partial charge in [0.2, 0.25) is 5.91 Å². The highest BCUT2D eigenvalue weighted by molar-refractivity contribution is 7.99. The van der Waals surface area contributed by atoms with Crippen molar-refractivity contribution in [2.45, 2.75) is 5.16 Å². The number of carbonyl (C=O) groups is 1. The van der Waals surface area contributed by atoms with Crippen LogP contribution in [0.15, 0.2) is 59.9 Å². The third-order valence-corrected chi connectivity index (χ3v) is 6.33. The predicted molar refractivity (Wildman–Crippen MR) is 130 cm³/mol. The molecule has 172 valence electrons. The Labute approximate surface area is 200 Å². The van der Waals surface area contributed by atoms with Gasteiger partial charge in [0, 0.05) is 49.8 Å². The molecule has 2 heterocycles. The van der Waals surface area contributed by atoms with Crippen molar-refractivity contribution in [2.24, 2.45) is 0 Å². The minimum absolute atomic E-state index is 0.0389. The molecule has 3 aromatic rings. The number of hydrogen-bond acceptors (Lipinski definition) is 7. The molecule has 1 amide bonds. The first-order valence-electron chi connectivity index (χ1n) is 10.4. The second-order valence-electron chi connectivity index (χ2n) is 7.34. The zero-order valence-corrected chi connectivity index (χ0v) is 19.6. The third-order valence-electron chi connectivity index (χ3n) is 5.18. The van der Waals surface area contributed by atoms with Gasteiger partial charge < -0.3 is 19.9 Å². The number of carbonyl (C=O) groups excluding carboxylic acids is 1. The lowest BCUT2D eigenvalue weighted by atomic mass is 10.2. The van der Waals surface area contributed by atoms with E-state index in [0.717, 1.165) is 43.4 Å². The molecule has 1 fully saturated rings. The van der Waals surface area contributed by atoms with E-state index in [1.165, 1.54) is 30.0 Å².